The van der Waals surface area contributed by atoms with Crippen molar-refractivity contribution in [2.45, 2.75) is 62.8 Å². The van der Waals surface area contributed by atoms with Gasteiger partial charge in [-0.1, -0.05) is 25.7 Å². The monoisotopic (exact) mass is 454 g/mol. The number of halogens is 3. The molecule has 2 aromatic rings. The first-order chi connectivity index (χ1) is 15.3. The Morgan fingerprint density at radius 3 is 2.62 bits per heavy atom. The zero-order valence-corrected chi connectivity index (χ0v) is 18.0. The summed E-state index contributed by atoms with van der Waals surface area (Å²) in [6, 6.07) is -1.88. The molecule has 1 saturated heterocycles. The largest absolute Gasteiger partial charge is 0.410 e. The molecule has 2 aromatic heterocycles. The Morgan fingerprint density at radius 1 is 1.28 bits per heavy atom. The van der Waals surface area contributed by atoms with Crippen LogP contribution in [0.3, 0.4) is 0 Å². The Morgan fingerprint density at radius 2 is 2.00 bits per heavy atom. The quantitative estimate of drug-likeness (QED) is 0.653. The minimum Gasteiger partial charge on any atom is -0.382 e. The van der Waals surface area contributed by atoms with E-state index in [4.69, 9.17) is 10.5 Å². The molecule has 0 unspecified atom stereocenters. The van der Waals surface area contributed by atoms with Crippen molar-refractivity contribution in [2.75, 3.05) is 20.3 Å². The van der Waals surface area contributed by atoms with Gasteiger partial charge in [0.25, 0.3) is 0 Å². The van der Waals surface area contributed by atoms with Gasteiger partial charge in [-0.2, -0.15) is 18.3 Å². The zero-order valence-electron chi connectivity index (χ0n) is 18.0. The maximum Gasteiger partial charge on any atom is 0.410 e. The van der Waals surface area contributed by atoms with Gasteiger partial charge < -0.3 is 20.7 Å². The van der Waals surface area contributed by atoms with E-state index in [9.17, 15) is 18.0 Å². The number of hydrogen-bond acceptors (Lipinski definition) is 5. The minimum absolute atomic E-state index is 0.0327. The number of ether oxygens (including phenoxy) is 1. The van der Waals surface area contributed by atoms with Gasteiger partial charge in [0.15, 0.2) is 5.65 Å². The molecule has 176 valence electrons. The predicted molar refractivity (Wildman–Crippen MR) is 111 cm³/mol. The highest BCUT2D eigenvalue weighted by Gasteiger charge is 2.48. The van der Waals surface area contributed by atoms with Crippen molar-refractivity contribution in [3.63, 3.8) is 0 Å². The van der Waals surface area contributed by atoms with E-state index in [1.165, 1.54) is 39.0 Å². The molecular weight excluding hydrogens is 425 g/mol. The highest BCUT2D eigenvalue weighted by atomic mass is 19.4. The van der Waals surface area contributed by atoms with Crippen molar-refractivity contribution in [2.24, 2.45) is 11.7 Å². The third-order valence-corrected chi connectivity index (χ3v) is 6.53. The summed E-state index contributed by atoms with van der Waals surface area (Å²) in [6.07, 6.45) is 5.79. The lowest BCUT2D eigenvalue weighted by Crippen LogP contribution is -2.40. The van der Waals surface area contributed by atoms with Gasteiger partial charge in [-0.25, -0.2) is 14.3 Å². The Labute approximate surface area is 184 Å². The van der Waals surface area contributed by atoms with Crippen molar-refractivity contribution < 1.29 is 22.7 Å². The minimum atomic E-state index is -4.52. The predicted octanol–water partition coefficient (Wildman–Crippen LogP) is 3.34. The summed E-state index contributed by atoms with van der Waals surface area (Å²) in [4.78, 5) is 18.1. The number of nitrogens with zero attached hydrogens (tertiary/aromatic N) is 4. The maximum absolute atomic E-state index is 13.1. The van der Waals surface area contributed by atoms with Crippen LogP contribution in [0.2, 0.25) is 0 Å². The van der Waals surface area contributed by atoms with Gasteiger partial charge in [0.05, 0.1) is 43.3 Å². The second kappa shape index (κ2) is 9.22. The molecule has 0 aromatic carbocycles. The smallest absolute Gasteiger partial charge is 0.382 e. The van der Waals surface area contributed by atoms with Gasteiger partial charge in [-0.05, 0) is 24.8 Å². The average Bonchev–Trinajstić information content (AvgIpc) is 3.24. The Hall–Kier alpha value is -2.40. The van der Waals surface area contributed by atoms with Gasteiger partial charge in [-0.15, -0.1) is 0 Å². The molecule has 3 heterocycles. The lowest BCUT2D eigenvalue weighted by atomic mass is 9.91. The lowest BCUT2D eigenvalue weighted by molar-refractivity contribution is -0.150. The number of hydrogen-bond donors (Lipinski definition) is 2. The van der Waals surface area contributed by atoms with Crippen LogP contribution in [0.1, 0.15) is 61.9 Å². The topological polar surface area (TPSA) is 97.8 Å². The van der Waals surface area contributed by atoms with Crippen LogP contribution in [0, 0.1) is 5.92 Å². The van der Waals surface area contributed by atoms with E-state index in [2.05, 4.69) is 10.1 Å². The van der Waals surface area contributed by atoms with Crippen LogP contribution < -0.4 is 11.1 Å². The van der Waals surface area contributed by atoms with Crippen molar-refractivity contribution in [3.05, 3.63) is 29.7 Å². The zero-order chi connectivity index (χ0) is 22.9. The number of methoxy groups -OCH3 is 1. The summed E-state index contributed by atoms with van der Waals surface area (Å²) in [5, 5.41) is 6.38. The summed E-state index contributed by atoms with van der Waals surface area (Å²) in [5.74, 6) is 0.371. The highest BCUT2D eigenvalue weighted by molar-refractivity contribution is 5.77. The van der Waals surface area contributed by atoms with Gasteiger partial charge in [0.2, 0.25) is 0 Å². The molecule has 1 aliphatic carbocycles. The molecule has 3 N–H and O–H groups in total. The lowest BCUT2D eigenvalue weighted by Gasteiger charge is -2.26. The van der Waals surface area contributed by atoms with E-state index in [-0.39, 0.29) is 12.6 Å². The number of nitrogens with two attached hydrogens (primary N) is 1. The second-order valence-electron chi connectivity index (χ2n) is 8.70. The molecule has 2 fully saturated rings. The van der Waals surface area contributed by atoms with Crippen LogP contribution in [0.25, 0.3) is 5.65 Å². The Bertz CT molecular complexity index is 941. The molecule has 2 amide bonds. The third-order valence-electron chi connectivity index (χ3n) is 6.53. The third kappa shape index (κ3) is 4.68. The molecule has 2 aliphatic rings. The Kier molecular flexibility index (Phi) is 6.57. The van der Waals surface area contributed by atoms with Crippen molar-refractivity contribution >= 4 is 11.7 Å². The first kappa shape index (κ1) is 22.8. The first-order valence-electron chi connectivity index (χ1n) is 11.0. The molecule has 1 aliphatic heterocycles. The molecule has 0 spiro atoms. The maximum atomic E-state index is 13.1. The van der Waals surface area contributed by atoms with Gasteiger partial charge in [-0.3, -0.25) is 0 Å². The van der Waals surface area contributed by atoms with Crippen LogP contribution in [0.4, 0.5) is 18.0 Å². The summed E-state index contributed by atoms with van der Waals surface area (Å²) in [6.45, 7) is -0.460. The number of imidazole rings is 1. The van der Waals surface area contributed by atoms with Crippen molar-refractivity contribution in [1.82, 2.24) is 24.8 Å². The van der Waals surface area contributed by atoms with E-state index in [1.54, 1.807) is 10.6 Å². The average molecular weight is 454 g/mol. The van der Waals surface area contributed by atoms with Gasteiger partial charge in [0.1, 0.15) is 6.04 Å². The fourth-order valence-corrected chi connectivity index (χ4v) is 4.70. The summed E-state index contributed by atoms with van der Waals surface area (Å²) >= 11 is 0. The fourth-order valence-electron chi connectivity index (χ4n) is 4.70. The Balaban J connectivity index is 1.58. The highest BCUT2D eigenvalue weighted by Crippen LogP contribution is 2.33. The fraction of sp³-hybridized carbons (Fsp3) is 0.667. The standard InChI is InChI=1S/C21H29F3N6O2/c1-32-12-16(29-11-17(21(22,23)24)28-20(29)31)14-8-18-27-15(10-30(18)26-9-14)19(25)13-6-4-2-3-5-7-13/h8-10,13,16-17,19H,2-7,11-12,25H2,1H3,(H,28,31)/t16-,17+,19+/m1/s1. The van der Waals surface area contributed by atoms with Crippen LogP contribution in [-0.4, -0.2) is 58.0 Å². The number of carbonyl (C=O) groups excluding carboxylic acids is 1. The van der Waals surface area contributed by atoms with E-state index in [1.807, 2.05) is 11.5 Å². The summed E-state index contributed by atoms with van der Waals surface area (Å²) in [7, 11) is 1.44. The molecule has 3 atom stereocenters. The number of carbonyl (C=O) groups is 1. The van der Waals surface area contributed by atoms with E-state index in [0.717, 1.165) is 23.4 Å². The number of amides is 2. The summed E-state index contributed by atoms with van der Waals surface area (Å²) < 4.78 is 46.2. The molecule has 4 rings (SSSR count). The SMILES string of the molecule is COC[C@H](c1cnn2cc([C@@H](N)C3CCCCCC3)nc2c1)N1C[C@@H](C(F)(F)F)NC1=O. The number of rotatable bonds is 6. The molecule has 32 heavy (non-hydrogen) atoms. The molecule has 0 radical (unpaired) electrons. The van der Waals surface area contributed by atoms with Crippen molar-refractivity contribution in [1.29, 1.82) is 0 Å². The number of nitrogens with one attached hydrogen (secondary N) is 1. The number of aromatic nitrogens is 3. The number of urea groups is 1. The van der Waals surface area contributed by atoms with Gasteiger partial charge >= 0.3 is 12.2 Å². The first-order valence-corrected chi connectivity index (χ1v) is 11.0. The van der Waals surface area contributed by atoms with Crippen LogP contribution in [-0.2, 0) is 4.74 Å². The molecule has 11 heteroatoms. The van der Waals surface area contributed by atoms with E-state index >= 15 is 0 Å². The molecule has 0 bridgehead atoms. The van der Waals surface area contributed by atoms with E-state index in [0.29, 0.717) is 17.1 Å². The molecule has 1 saturated carbocycles. The van der Waals surface area contributed by atoms with Gasteiger partial charge in [0, 0.05) is 12.7 Å². The molecular formula is C21H29F3N6O2. The number of fused-ring (bicyclic) bond motifs is 1. The molecule has 8 nitrogen and oxygen atoms in total. The van der Waals surface area contributed by atoms with Crippen LogP contribution in [0.15, 0.2) is 18.5 Å². The summed E-state index contributed by atoms with van der Waals surface area (Å²) in [5.41, 5.74) is 8.37. The van der Waals surface area contributed by atoms with E-state index < -0.39 is 30.8 Å². The second-order valence-corrected chi connectivity index (χ2v) is 8.70. The normalized spacial score (nSPS) is 22.7. The van der Waals surface area contributed by atoms with Crippen LogP contribution in [0.5, 0.6) is 0 Å². The number of alkyl halides is 3. The van der Waals surface area contributed by atoms with Crippen LogP contribution >= 0.6 is 0 Å². The van der Waals surface area contributed by atoms with Crippen molar-refractivity contribution in [3.8, 4) is 0 Å².